The van der Waals surface area contributed by atoms with Crippen LogP contribution in [0.5, 0.6) is 0 Å². The third kappa shape index (κ3) is 4.09. The first kappa shape index (κ1) is 27.2. The molecule has 7 aromatic carbocycles. The SMILES string of the molecule is c1ccc(N(c2ccccc2)c2ccc3c(c2)C2(c4ccccc4Sc4ccccc42)c2ccccc2[Si]3c2ccccc2)cc1. The summed E-state index contributed by atoms with van der Waals surface area (Å²) in [5, 5.41) is 4.34. The summed E-state index contributed by atoms with van der Waals surface area (Å²) in [7, 11) is -1.31. The summed E-state index contributed by atoms with van der Waals surface area (Å²) in [5.74, 6) is 0. The largest absolute Gasteiger partial charge is 0.310 e. The highest BCUT2D eigenvalue weighted by molar-refractivity contribution is 7.99. The first-order chi connectivity index (χ1) is 22.8. The van der Waals surface area contributed by atoms with Gasteiger partial charge in [0.05, 0.1) is 5.41 Å². The number of para-hydroxylation sites is 2. The maximum absolute atomic E-state index is 2.52. The highest BCUT2D eigenvalue weighted by atomic mass is 32.2. The van der Waals surface area contributed by atoms with Crippen molar-refractivity contribution in [1.29, 1.82) is 0 Å². The van der Waals surface area contributed by atoms with Crippen LogP contribution in [0.1, 0.15) is 22.3 Å². The Morgan fingerprint density at radius 2 is 0.870 bits per heavy atom. The molecule has 9 rings (SSSR count). The summed E-state index contributed by atoms with van der Waals surface area (Å²) in [6.45, 7) is 0. The molecule has 0 saturated carbocycles. The Balaban J connectivity index is 1.42. The number of nitrogens with zero attached hydrogens (tertiary/aromatic N) is 1. The van der Waals surface area contributed by atoms with Crippen molar-refractivity contribution >= 4 is 53.2 Å². The molecule has 0 atom stereocenters. The van der Waals surface area contributed by atoms with Gasteiger partial charge >= 0.3 is 0 Å². The summed E-state index contributed by atoms with van der Waals surface area (Å²) in [5.41, 5.74) is 8.52. The second kappa shape index (κ2) is 11.1. The Bertz CT molecular complexity index is 2110. The van der Waals surface area contributed by atoms with E-state index < -0.39 is 14.2 Å². The minimum absolute atomic E-state index is 0.456. The fourth-order valence-corrected chi connectivity index (χ4v) is 11.8. The van der Waals surface area contributed by atoms with Gasteiger partial charge < -0.3 is 4.90 Å². The topological polar surface area (TPSA) is 3.24 Å². The molecule has 0 aliphatic carbocycles. The van der Waals surface area contributed by atoms with E-state index in [9.17, 15) is 0 Å². The molecule has 0 bridgehead atoms. The molecule has 0 saturated heterocycles. The molecule has 2 heterocycles. The Morgan fingerprint density at radius 3 is 1.48 bits per heavy atom. The monoisotopic (exact) mass is 620 g/mol. The van der Waals surface area contributed by atoms with E-state index in [-0.39, 0.29) is 0 Å². The molecule has 3 heteroatoms. The summed E-state index contributed by atoms with van der Waals surface area (Å²) >= 11 is 1.90. The van der Waals surface area contributed by atoms with Crippen molar-refractivity contribution in [2.75, 3.05) is 4.90 Å². The first-order valence-electron chi connectivity index (χ1n) is 15.8. The Kier molecular flexibility index (Phi) is 6.55. The van der Waals surface area contributed by atoms with Gasteiger partial charge in [0.25, 0.3) is 0 Å². The molecule has 1 nitrogen and oxygen atoms in total. The molecule has 0 fully saturated rings. The number of benzene rings is 7. The second-order valence-electron chi connectivity index (χ2n) is 11.9. The summed E-state index contributed by atoms with van der Waals surface area (Å²) in [6, 6.07) is 67.5. The van der Waals surface area contributed by atoms with E-state index in [1.165, 1.54) is 47.6 Å². The van der Waals surface area contributed by atoms with Crippen molar-refractivity contribution < 1.29 is 0 Å². The van der Waals surface area contributed by atoms with Crippen LogP contribution in [0.2, 0.25) is 0 Å². The van der Waals surface area contributed by atoms with Crippen LogP contribution < -0.4 is 20.5 Å². The number of rotatable bonds is 4. The highest BCUT2D eigenvalue weighted by Gasteiger charge is 2.51. The smallest absolute Gasteiger partial charge is 0.155 e. The lowest BCUT2D eigenvalue weighted by atomic mass is 9.64. The third-order valence-electron chi connectivity index (χ3n) is 9.43. The van der Waals surface area contributed by atoms with Crippen LogP contribution in [0.15, 0.2) is 192 Å². The van der Waals surface area contributed by atoms with Crippen LogP contribution in [0.3, 0.4) is 0 Å². The maximum Gasteiger partial charge on any atom is 0.155 e. The molecule has 0 N–H and O–H groups in total. The number of anilines is 3. The molecule has 2 aliphatic rings. The Morgan fingerprint density at radius 1 is 0.391 bits per heavy atom. The Labute approximate surface area is 276 Å². The van der Waals surface area contributed by atoms with Gasteiger partial charge in [0.2, 0.25) is 0 Å². The molecular formula is C43H30NSSi. The van der Waals surface area contributed by atoms with Crippen molar-refractivity contribution in [2.45, 2.75) is 15.2 Å². The van der Waals surface area contributed by atoms with Gasteiger partial charge in [-0.15, -0.1) is 0 Å². The number of fused-ring (bicyclic) bond motifs is 8. The van der Waals surface area contributed by atoms with Crippen molar-refractivity contribution in [3.05, 3.63) is 204 Å². The van der Waals surface area contributed by atoms with Crippen molar-refractivity contribution in [2.24, 2.45) is 0 Å². The second-order valence-corrected chi connectivity index (χ2v) is 15.4. The van der Waals surface area contributed by atoms with Gasteiger partial charge in [0.15, 0.2) is 8.80 Å². The minimum atomic E-state index is -1.31. The van der Waals surface area contributed by atoms with Gasteiger partial charge in [0.1, 0.15) is 0 Å². The van der Waals surface area contributed by atoms with Crippen molar-refractivity contribution in [1.82, 2.24) is 0 Å². The van der Waals surface area contributed by atoms with Gasteiger partial charge in [-0.1, -0.05) is 150 Å². The van der Waals surface area contributed by atoms with E-state index in [0.29, 0.717) is 0 Å². The van der Waals surface area contributed by atoms with Crippen LogP contribution in [0.4, 0.5) is 17.1 Å². The van der Waals surface area contributed by atoms with Crippen LogP contribution in [0, 0.1) is 0 Å². The molecule has 0 aromatic heterocycles. The zero-order chi connectivity index (χ0) is 30.5. The lowest BCUT2D eigenvalue weighted by Gasteiger charge is -2.48. The normalized spacial score (nSPS) is 14.1. The molecule has 217 valence electrons. The highest BCUT2D eigenvalue weighted by Crippen LogP contribution is 2.56. The summed E-state index contributed by atoms with van der Waals surface area (Å²) in [4.78, 5) is 5.05. The molecule has 1 spiro atoms. The number of hydrogen-bond donors (Lipinski definition) is 0. The lowest BCUT2D eigenvalue weighted by Crippen LogP contribution is -2.62. The van der Waals surface area contributed by atoms with E-state index in [0.717, 1.165) is 17.1 Å². The predicted octanol–water partition coefficient (Wildman–Crippen LogP) is 8.83. The quantitative estimate of drug-likeness (QED) is 0.181. The van der Waals surface area contributed by atoms with Crippen LogP contribution in [0.25, 0.3) is 0 Å². The average molecular weight is 621 g/mol. The average Bonchev–Trinajstić information content (AvgIpc) is 3.13. The van der Waals surface area contributed by atoms with E-state index >= 15 is 0 Å². The van der Waals surface area contributed by atoms with E-state index in [1.54, 1.807) is 0 Å². The molecule has 1 radical (unpaired) electrons. The van der Waals surface area contributed by atoms with E-state index in [4.69, 9.17) is 0 Å². The zero-order valence-electron chi connectivity index (χ0n) is 25.2. The van der Waals surface area contributed by atoms with E-state index in [1.807, 2.05) is 11.8 Å². The van der Waals surface area contributed by atoms with Crippen LogP contribution in [-0.2, 0) is 5.41 Å². The molecule has 0 unspecified atom stereocenters. The van der Waals surface area contributed by atoms with Gasteiger partial charge in [-0.25, -0.2) is 0 Å². The van der Waals surface area contributed by atoms with Gasteiger partial charge in [-0.2, -0.15) is 0 Å². The van der Waals surface area contributed by atoms with Crippen LogP contribution >= 0.6 is 11.8 Å². The van der Waals surface area contributed by atoms with Crippen LogP contribution in [-0.4, -0.2) is 8.80 Å². The fraction of sp³-hybridized carbons (Fsp3) is 0.0233. The minimum Gasteiger partial charge on any atom is -0.310 e. The van der Waals surface area contributed by atoms with Gasteiger partial charge in [-0.05, 0) is 81.2 Å². The number of hydrogen-bond acceptors (Lipinski definition) is 2. The summed E-state index contributed by atoms with van der Waals surface area (Å²) in [6.07, 6.45) is 0. The predicted molar refractivity (Wildman–Crippen MR) is 195 cm³/mol. The molecule has 46 heavy (non-hydrogen) atoms. The third-order valence-corrected chi connectivity index (χ3v) is 13.4. The van der Waals surface area contributed by atoms with E-state index in [2.05, 4.69) is 187 Å². The Hall–Kier alpha value is -5.09. The van der Waals surface area contributed by atoms with Crippen molar-refractivity contribution in [3.63, 3.8) is 0 Å². The van der Waals surface area contributed by atoms with Gasteiger partial charge in [0, 0.05) is 26.9 Å². The molecule has 0 amide bonds. The molecular weight excluding hydrogens is 591 g/mol. The van der Waals surface area contributed by atoms with Gasteiger partial charge in [-0.3, -0.25) is 0 Å². The first-order valence-corrected chi connectivity index (χ1v) is 18.1. The standard InChI is InChI=1S/C43H30NSSi/c1-4-16-31(17-5-1)44(32-18-6-2-7-19-32)33-28-29-42-38(30-33)43(35-22-10-13-25-39(35)45-40-26-14-11-23-36(40)43)37-24-12-15-27-41(37)46(42)34-20-8-3-9-21-34/h1-30H. The molecule has 7 aromatic rings. The molecule has 2 aliphatic heterocycles. The lowest BCUT2D eigenvalue weighted by molar-refractivity contribution is 0.708. The van der Waals surface area contributed by atoms with Crippen molar-refractivity contribution in [3.8, 4) is 0 Å². The zero-order valence-corrected chi connectivity index (χ0v) is 27.0. The maximum atomic E-state index is 2.52. The fourth-order valence-electron chi connectivity index (χ4n) is 7.61. The summed E-state index contributed by atoms with van der Waals surface area (Å²) < 4.78 is 0.